The topological polar surface area (TPSA) is 69.6 Å². The molecular weight excluding hydrogens is 735 g/mol. The molecule has 0 radical (unpaired) electrons. The first-order valence-corrected chi connectivity index (χ1v) is 27.2. The van der Waals surface area contributed by atoms with Gasteiger partial charge in [0, 0.05) is 6.42 Å². The van der Waals surface area contributed by atoms with Crippen LogP contribution in [0.4, 0.5) is 0 Å². The van der Waals surface area contributed by atoms with E-state index in [0.29, 0.717) is 6.42 Å². The third kappa shape index (κ3) is 47.7. The number of nitrogens with one attached hydrogen (secondary N) is 1. The first-order valence-electron chi connectivity index (χ1n) is 27.2. The summed E-state index contributed by atoms with van der Waals surface area (Å²) in [6, 6.07) is -0.644. The lowest BCUT2D eigenvalue weighted by atomic mass is 10.0. The summed E-state index contributed by atoms with van der Waals surface area (Å²) in [5.74, 6) is -0.0723. The number of unbranched alkanes of at least 4 members (excludes halogenated alkanes) is 39. The molecule has 0 aliphatic heterocycles. The average Bonchev–Trinajstić information content (AvgIpc) is 3.25. The third-order valence-electron chi connectivity index (χ3n) is 12.6. The van der Waals surface area contributed by atoms with Crippen LogP contribution in [0, 0.1) is 0 Å². The van der Waals surface area contributed by atoms with Crippen molar-refractivity contribution in [2.24, 2.45) is 0 Å². The average molecular weight is 842 g/mol. The number of rotatable bonds is 50. The fourth-order valence-corrected chi connectivity index (χ4v) is 8.45. The number of hydrogen-bond acceptors (Lipinski definition) is 3. The molecule has 2 atom stereocenters. The van der Waals surface area contributed by atoms with Gasteiger partial charge in [-0.25, -0.2) is 0 Å². The van der Waals surface area contributed by atoms with Gasteiger partial charge in [-0.2, -0.15) is 0 Å². The molecule has 0 saturated heterocycles. The van der Waals surface area contributed by atoms with Gasteiger partial charge in [-0.05, 0) is 44.9 Å². The summed E-state index contributed by atoms with van der Waals surface area (Å²) in [6.45, 7) is 4.33. The van der Waals surface area contributed by atoms with E-state index in [4.69, 9.17) is 0 Å². The van der Waals surface area contributed by atoms with Gasteiger partial charge in [-0.1, -0.05) is 281 Å². The molecule has 60 heavy (non-hydrogen) atoms. The van der Waals surface area contributed by atoms with Gasteiger partial charge in [0.2, 0.25) is 5.91 Å². The van der Waals surface area contributed by atoms with E-state index in [-0.39, 0.29) is 12.5 Å². The molecule has 3 N–H and O–H groups in total. The molecule has 2 unspecified atom stereocenters. The number of carbonyl (C=O) groups is 1. The van der Waals surface area contributed by atoms with Gasteiger partial charge < -0.3 is 15.5 Å². The highest BCUT2D eigenvalue weighted by molar-refractivity contribution is 5.76. The second-order valence-corrected chi connectivity index (χ2v) is 18.6. The van der Waals surface area contributed by atoms with Crippen LogP contribution in [0.15, 0.2) is 36.5 Å². The molecule has 354 valence electrons. The number of carbonyl (C=O) groups excluding carboxylic acids is 1. The lowest BCUT2D eigenvalue weighted by molar-refractivity contribution is -0.123. The van der Waals surface area contributed by atoms with Crippen molar-refractivity contribution in [2.75, 3.05) is 6.61 Å². The van der Waals surface area contributed by atoms with Gasteiger partial charge in [0.15, 0.2) is 0 Å². The first-order chi connectivity index (χ1) is 29.7. The van der Waals surface area contributed by atoms with Crippen molar-refractivity contribution in [1.82, 2.24) is 5.32 Å². The molecule has 0 aromatic rings. The second-order valence-electron chi connectivity index (χ2n) is 18.6. The van der Waals surface area contributed by atoms with E-state index in [1.165, 1.54) is 238 Å². The van der Waals surface area contributed by atoms with Gasteiger partial charge in [-0.15, -0.1) is 0 Å². The summed E-state index contributed by atoms with van der Waals surface area (Å²) in [5, 5.41) is 23.1. The van der Waals surface area contributed by atoms with Crippen molar-refractivity contribution in [1.29, 1.82) is 0 Å². The van der Waals surface area contributed by atoms with Crippen LogP contribution >= 0.6 is 0 Å². The minimum atomic E-state index is -0.869. The van der Waals surface area contributed by atoms with E-state index in [0.717, 1.165) is 38.5 Å². The highest BCUT2D eigenvalue weighted by atomic mass is 16.3. The highest BCUT2D eigenvalue weighted by Crippen LogP contribution is 2.17. The molecule has 0 rings (SSSR count). The molecule has 0 bridgehead atoms. The molecule has 0 aromatic carbocycles. The Kier molecular flexibility index (Phi) is 50.8. The zero-order valence-corrected chi connectivity index (χ0v) is 40.7. The van der Waals surface area contributed by atoms with E-state index in [1.54, 1.807) is 6.08 Å². The van der Waals surface area contributed by atoms with Crippen LogP contribution < -0.4 is 5.32 Å². The van der Waals surface area contributed by atoms with Gasteiger partial charge in [0.25, 0.3) is 0 Å². The monoisotopic (exact) mass is 842 g/mol. The van der Waals surface area contributed by atoms with Crippen LogP contribution in [-0.4, -0.2) is 34.9 Å². The predicted molar refractivity (Wildman–Crippen MR) is 267 cm³/mol. The van der Waals surface area contributed by atoms with Crippen LogP contribution in [0.25, 0.3) is 0 Å². The SMILES string of the molecule is CCCCCCCCCCCCCCCC/C=C/CC/C=C/CC/C=C/C(O)C(CO)NC(=O)CCCCCCCCCCCCCCCCCCCCCCCCCC. The standard InChI is InChI=1S/C56H107NO3/c1-3-5-7-9-11-13-15-17-19-21-23-25-27-29-31-33-35-37-39-41-43-45-47-49-51-55(59)54(53-58)57-56(60)52-50-48-46-44-42-40-38-36-34-32-30-28-26-24-22-20-18-16-14-12-10-8-6-4-2/h33,35,41,43,49,51,54-55,58-59H,3-32,34,36-40,42,44-48,50,52-53H2,1-2H3,(H,57,60)/b35-33+,43-41+,51-49+. The number of aliphatic hydroxyl groups excluding tert-OH is 2. The Balaban J connectivity index is 3.54. The third-order valence-corrected chi connectivity index (χ3v) is 12.6. The molecule has 0 aromatic heterocycles. The summed E-state index contributed by atoms with van der Waals surface area (Å²) in [5.41, 5.74) is 0. The minimum Gasteiger partial charge on any atom is -0.394 e. The summed E-state index contributed by atoms with van der Waals surface area (Å²) in [6.07, 6.45) is 70.2. The Morgan fingerprint density at radius 3 is 0.967 bits per heavy atom. The van der Waals surface area contributed by atoms with Gasteiger partial charge in [-0.3, -0.25) is 4.79 Å². The minimum absolute atomic E-state index is 0.0723. The van der Waals surface area contributed by atoms with Gasteiger partial charge in [0.1, 0.15) is 0 Å². The molecule has 0 aliphatic rings. The molecule has 1 amide bonds. The Labute approximate surface area is 376 Å². The fraction of sp³-hybridized carbons (Fsp3) is 0.875. The Morgan fingerprint density at radius 1 is 0.383 bits per heavy atom. The summed E-state index contributed by atoms with van der Waals surface area (Å²) in [7, 11) is 0. The fourth-order valence-electron chi connectivity index (χ4n) is 8.45. The van der Waals surface area contributed by atoms with Gasteiger partial charge in [0.05, 0.1) is 18.8 Å². The van der Waals surface area contributed by atoms with Crippen LogP contribution in [0.5, 0.6) is 0 Å². The second kappa shape index (κ2) is 52.0. The molecule has 4 heteroatoms. The normalized spacial score (nSPS) is 13.1. The Morgan fingerprint density at radius 2 is 0.650 bits per heavy atom. The van der Waals surface area contributed by atoms with Crippen LogP contribution in [-0.2, 0) is 4.79 Å². The first kappa shape index (κ1) is 58.6. The lowest BCUT2D eigenvalue weighted by Gasteiger charge is -2.19. The predicted octanol–water partition coefficient (Wildman–Crippen LogP) is 17.7. The number of amides is 1. The summed E-state index contributed by atoms with van der Waals surface area (Å²) >= 11 is 0. The zero-order chi connectivity index (χ0) is 43.5. The van der Waals surface area contributed by atoms with Crippen LogP contribution in [0.3, 0.4) is 0 Å². The molecular formula is C56H107NO3. The van der Waals surface area contributed by atoms with Crippen molar-refractivity contribution in [3.8, 4) is 0 Å². The maximum atomic E-state index is 12.5. The van der Waals surface area contributed by atoms with E-state index >= 15 is 0 Å². The van der Waals surface area contributed by atoms with Crippen LogP contribution in [0.1, 0.15) is 296 Å². The summed E-state index contributed by atoms with van der Waals surface area (Å²) in [4.78, 5) is 12.5. The molecule has 0 spiro atoms. The van der Waals surface area contributed by atoms with Crippen molar-refractivity contribution in [3.05, 3.63) is 36.5 Å². The van der Waals surface area contributed by atoms with E-state index < -0.39 is 12.1 Å². The molecule has 4 nitrogen and oxygen atoms in total. The van der Waals surface area contributed by atoms with E-state index in [2.05, 4.69) is 43.5 Å². The highest BCUT2D eigenvalue weighted by Gasteiger charge is 2.18. The van der Waals surface area contributed by atoms with Crippen molar-refractivity contribution in [3.63, 3.8) is 0 Å². The largest absolute Gasteiger partial charge is 0.394 e. The van der Waals surface area contributed by atoms with Gasteiger partial charge >= 0.3 is 0 Å². The maximum Gasteiger partial charge on any atom is 0.220 e. The Bertz CT molecular complexity index is 912. The van der Waals surface area contributed by atoms with Crippen molar-refractivity contribution >= 4 is 5.91 Å². The smallest absolute Gasteiger partial charge is 0.220 e. The molecule has 0 aliphatic carbocycles. The van der Waals surface area contributed by atoms with E-state index in [9.17, 15) is 15.0 Å². The molecule has 0 fully saturated rings. The number of aliphatic hydroxyl groups is 2. The van der Waals surface area contributed by atoms with Crippen LogP contribution in [0.2, 0.25) is 0 Å². The lowest BCUT2D eigenvalue weighted by Crippen LogP contribution is -2.45. The zero-order valence-electron chi connectivity index (χ0n) is 40.7. The molecule has 0 saturated carbocycles. The molecule has 0 heterocycles. The van der Waals surface area contributed by atoms with Crippen molar-refractivity contribution < 1.29 is 15.0 Å². The quantitative estimate of drug-likeness (QED) is 0.0422. The number of allylic oxidation sites excluding steroid dienone is 5. The summed E-state index contributed by atoms with van der Waals surface area (Å²) < 4.78 is 0. The number of hydrogen-bond donors (Lipinski definition) is 3. The van der Waals surface area contributed by atoms with E-state index in [1.807, 2.05) is 6.08 Å². The Hall–Kier alpha value is -1.39. The maximum absolute atomic E-state index is 12.5. The van der Waals surface area contributed by atoms with Crippen molar-refractivity contribution in [2.45, 2.75) is 309 Å².